The number of carbonyl (C=O) groups excluding carboxylic acids is 1. The third kappa shape index (κ3) is 4.17. The van der Waals surface area contributed by atoms with Gasteiger partial charge in [0.2, 0.25) is 5.91 Å². The Balaban J connectivity index is 1.72. The lowest BCUT2D eigenvalue weighted by Gasteiger charge is -2.10. The first-order valence-corrected chi connectivity index (χ1v) is 7.22. The molecule has 6 heteroatoms. The summed E-state index contributed by atoms with van der Waals surface area (Å²) in [6, 6.07) is -0.0138. The van der Waals surface area contributed by atoms with Crippen LogP contribution in [0.2, 0.25) is 0 Å². The van der Waals surface area contributed by atoms with Crippen molar-refractivity contribution in [1.82, 2.24) is 20.5 Å². The molecule has 0 aliphatic carbocycles. The summed E-state index contributed by atoms with van der Waals surface area (Å²) in [4.78, 5) is 16.2. The second-order valence-corrected chi connectivity index (χ2v) is 5.47. The smallest absolute Gasteiger partial charge is 0.220 e. The molecule has 0 unspecified atom stereocenters. The Hall–Kier alpha value is -1.69. The number of rotatable bonds is 6. The number of aryl methyl sites for hydroxylation is 2. The van der Waals surface area contributed by atoms with Crippen molar-refractivity contribution in [3.63, 3.8) is 0 Å². The molecular formula is C13H18N4OS. The number of amides is 1. The highest BCUT2D eigenvalue weighted by Crippen LogP contribution is 2.17. The highest BCUT2D eigenvalue weighted by Gasteiger charge is 2.12. The number of hydrogen-bond donors (Lipinski definition) is 2. The van der Waals surface area contributed by atoms with Crippen LogP contribution in [0.1, 0.15) is 42.1 Å². The normalized spacial score (nSPS) is 12.3. The van der Waals surface area contributed by atoms with Gasteiger partial charge in [0, 0.05) is 23.7 Å². The van der Waals surface area contributed by atoms with Crippen LogP contribution in [0.5, 0.6) is 0 Å². The maximum Gasteiger partial charge on any atom is 0.220 e. The largest absolute Gasteiger partial charge is 0.347 e. The Morgan fingerprint density at radius 3 is 3.05 bits per heavy atom. The molecule has 2 heterocycles. The van der Waals surface area contributed by atoms with Gasteiger partial charge in [-0.25, -0.2) is 4.98 Å². The van der Waals surface area contributed by atoms with Gasteiger partial charge in [-0.3, -0.25) is 9.89 Å². The van der Waals surface area contributed by atoms with Gasteiger partial charge in [-0.2, -0.15) is 5.10 Å². The van der Waals surface area contributed by atoms with Crippen LogP contribution >= 0.6 is 11.3 Å². The van der Waals surface area contributed by atoms with Gasteiger partial charge in [0.1, 0.15) is 5.01 Å². The predicted molar refractivity (Wildman–Crippen MR) is 74.9 cm³/mol. The van der Waals surface area contributed by atoms with Gasteiger partial charge < -0.3 is 5.32 Å². The molecule has 102 valence electrons. The Morgan fingerprint density at radius 2 is 2.42 bits per heavy atom. The van der Waals surface area contributed by atoms with Crippen LogP contribution < -0.4 is 5.32 Å². The molecule has 0 radical (unpaired) electrons. The molecule has 2 aromatic heterocycles. The van der Waals surface area contributed by atoms with E-state index in [-0.39, 0.29) is 11.9 Å². The first kappa shape index (κ1) is 13.7. The number of hydrogen-bond acceptors (Lipinski definition) is 4. The van der Waals surface area contributed by atoms with E-state index >= 15 is 0 Å². The average Bonchev–Trinajstić information content (AvgIpc) is 3.00. The number of thiazole rings is 1. The molecule has 0 aliphatic rings. The molecule has 2 N–H and O–H groups in total. The number of nitrogens with one attached hydrogen (secondary N) is 2. The quantitative estimate of drug-likeness (QED) is 0.852. The average molecular weight is 278 g/mol. The monoisotopic (exact) mass is 278 g/mol. The zero-order valence-electron chi connectivity index (χ0n) is 11.1. The minimum atomic E-state index is -0.0138. The molecule has 0 spiro atoms. The summed E-state index contributed by atoms with van der Waals surface area (Å²) in [6.45, 7) is 3.92. The molecule has 0 saturated heterocycles. The van der Waals surface area contributed by atoms with Crippen molar-refractivity contribution in [3.05, 3.63) is 34.0 Å². The van der Waals surface area contributed by atoms with Crippen molar-refractivity contribution in [2.45, 2.75) is 39.2 Å². The van der Waals surface area contributed by atoms with Crippen molar-refractivity contribution >= 4 is 17.2 Å². The number of H-pyrrole nitrogens is 1. The predicted octanol–water partition coefficient (Wildman–Crippen LogP) is 2.37. The molecule has 5 nitrogen and oxygen atoms in total. The highest BCUT2D eigenvalue weighted by molar-refractivity contribution is 7.09. The van der Waals surface area contributed by atoms with Crippen molar-refractivity contribution in [1.29, 1.82) is 0 Å². The summed E-state index contributed by atoms with van der Waals surface area (Å²) >= 11 is 1.58. The number of aromatic amines is 1. The standard InChI is InChI=1S/C13H18N4OS/c1-9-8-19-13(16-9)10(2)17-12(18)5-3-4-11-6-14-15-7-11/h6-8,10H,3-5H2,1-2H3,(H,14,15)(H,17,18)/t10-/m0/s1. The topological polar surface area (TPSA) is 70.7 Å². The van der Waals surface area contributed by atoms with Crippen molar-refractivity contribution in [2.75, 3.05) is 0 Å². The van der Waals surface area contributed by atoms with Gasteiger partial charge in [0.25, 0.3) is 0 Å². The van der Waals surface area contributed by atoms with Crippen LogP contribution in [0.25, 0.3) is 0 Å². The van der Waals surface area contributed by atoms with E-state index in [1.165, 1.54) is 0 Å². The molecule has 1 amide bonds. The SMILES string of the molecule is Cc1csc([C@H](C)NC(=O)CCCc2cn[nH]c2)n1. The minimum absolute atomic E-state index is 0.0138. The third-order valence-corrected chi connectivity index (χ3v) is 3.95. The van der Waals surface area contributed by atoms with Crippen LogP contribution in [0.15, 0.2) is 17.8 Å². The summed E-state index contributed by atoms with van der Waals surface area (Å²) in [5.74, 6) is 0.0730. The fourth-order valence-electron chi connectivity index (χ4n) is 1.81. The molecule has 2 rings (SSSR count). The lowest BCUT2D eigenvalue weighted by atomic mass is 10.1. The fraction of sp³-hybridized carbons (Fsp3) is 0.462. The maximum atomic E-state index is 11.8. The van der Waals surface area contributed by atoms with Gasteiger partial charge in [0.15, 0.2) is 0 Å². The maximum absolute atomic E-state index is 11.8. The lowest BCUT2D eigenvalue weighted by molar-refractivity contribution is -0.121. The van der Waals surface area contributed by atoms with E-state index in [1.807, 2.05) is 25.4 Å². The van der Waals surface area contributed by atoms with Crippen LogP contribution in [-0.2, 0) is 11.2 Å². The van der Waals surface area contributed by atoms with Gasteiger partial charge in [0.05, 0.1) is 12.2 Å². The molecule has 2 aromatic rings. The Bertz CT molecular complexity index is 520. The van der Waals surface area contributed by atoms with E-state index in [4.69, 9.17) is 0 Å². The zero-order chi connectivity index (χ0) is 13.7. The van der Waals surface area contributed by atoms with E-state index in [0.717, 1.165) is 29.1 Å². The van der Waals surface area contributed by atoms with E-state index < -0.39 is 0 Å². The lowest BCUT2D eigenvalue weighted by Crippen LogP contribution is -2.26. The van der Waals surface area contributed by atoms with Crippen molar-refractivity contribution in [2.24, 2.45) is 0 Å². The Kier molecular flexibility index (Phi) is 4.68. The van der Waals surface area contributed by atoms with E-state index in [2.05, 4.69) is 20.5 Å². The third-order valence-electron chi connectivity index (χ3n) is 2.81. The molecule has 0 fully saturated rings. The summed E-state index contributed by atoms with van der Waals surface area (Å²) < 4.78 is 0. The van der Waals surface area contributed by atoms with Crippen LogP contribution in [-0.4, -0.2) is 21.1 Å². The van der Waals surface area contributed by atoms with Crippen molar-refractivity contribution < 1.29 is 4.79 Å². The number of aromatic nitrogens is 3. The van der Waals surface area contributed by atoms with Gasteiger partial charge in [-0.1, -0.05) is 0 Å². The highest BCUT2D eigenvalue weighted by atomic mass is 32.1. The first-order chi connectivity index (χ1) is 9.15. The Morgan fingerprint density at radius 1 is 1.58 bits per heavy atom. The molecule has 0 bridgehead atoms. The number of carbonyl (C=O) groups is 1. The molecule has 0 aromatic carbocycles. The minimum Gasteiger partial charge on any atom is -0.347 e. The first-order valence-electron chi connectivity index (χ1n) is 6.34. The van der Waals surface area contributed by atoms with Crippen LogP contribution in [0, 0.1) is 6.92 Å². The second-order valence-electron chi connectivity index (χ2n) is 4.58. The van der Waals surface area contributed by atoms with Gasteiger partial charge in [-0.05, 0) is 32.3 Å². The van der Waals surface area contributed by atoms with E-state index in [9.17, 15) is 4.79 Å². The summed E-state index contributed by atoms with van der Waals surface area (Å²) in [5.41, 5.74) is 2.14. The summed E-state index contributed by atoms with van der Waals surface area (Å²) in [5, 5.41) is 12.6. The molecule has 0 aliphatic heterocycles. The van der Waals surface area contributed by atoms with Gasteiger partial charge in [-0.15, -0.1) is 11.3 Å². The Labute approximate surface area is 116 Å². The molecule has 0 saturated carbocycles. The summed E-state index contributed by atoms with van der Waals surface area (Å²) in [7, 11) is 0. The fourth-order valence-corrected chi connectivity index (χ4v) is 2.62. The van der Waals surface area contributed by atoms with E-state index in [0.29, 0.717) is 6.42 Å². The second kappa shape index (κ2) is 6.47. The summed E-state index contributed by atoms with van der Waals surface area (Å²) in [6.07, 6.45) is 5.88. The molecular weight excluding hydrogens is 260 g/mol. The van der Waals surface area contributed by atoms with Crippen molar-refractivity contribution in [3.8, 4) is 0 Å². The van der Waals surface area contributed by atoms with Crippen LogP contribution in [0.3, 0.4) is 0 Å². The molecule has 19 heavy (non-hydrogen) atoms. The zero-order valence-corrected chi connectivity index (χ0v) is 12.0. The van der Waals surface area contributed by atoms with Crippen LogP contribution in [0.4, 0.5) is 0 Å². The molecule has 1 atom stereocenters. The van der Waals surface area contributed by atoms with Gasteiger partial charge >= 0.3 is 0 Å². The van der Waals surface area contributed by atoms with E-state index in [1.54, 1.807) is 17.5 Å². The number of nitrogens with zero attached hydrogens (tertiary/aromatic N) is 2.